The zero-order valence-electron chi connectivity index (χ0n) is 14.2. The summed E-state index contributed by atoms with van der Waals surface area (Å²) in [5.41, 5.74) is 2.12. The number of rotatable bonds is 3. The van der Waals surface area contributed by atoms with Gasteiger partial charge in [0, 0.05) is 36.7 Å². The van der Waals surface area contributed by atoms with Crippen LogP contribution in [0, 0.1) is 13.8 Å². The third kappa shape index (κ3) is 2.42. The number of hydrogen-bond acceptors (Lipinski definition) is 7. The van der Waals surface area contributed by atoms with Gasteiger partial charge in [0.15, 0.2) is 5.82 Å². The van der Waals surface area contributed by atoms with E-state index in [2.05, 4.69) is 37.0 Å². The number of hydrogen-bond donors (Lipinski definition) is 0. The van der Waals surface area contributed by atoms with Gasteiger partial charge in [0.1, 0.15) is 12.1 Å². The molecule has 1 aliphatic heterocycles. The fourth-order valence-electron chi connectivity index (χ4n) is 3.34. The topological polar surface area (TPSA) is 85.2 Å². The fourth-order valence-corrected chi connectivity index (χ4v) is 3.34. The van der Waals surface area contributed by atoms with Crippen LogP contribution in [0.5, 0.6) is 0 Å². The number of aromatic nitrogens is 6. The molecule has 8 heteroatoms. The highest BCUT2D eigenvalue weighted by Gasteiger charge is 2.28. The first-order valence-corrected chi connectivity index (χ1v) is 8.41. The van der Waals surface area contributed by atoms with Crippen molar-refractivity contribution in [3.05, 3.63) is 29.3 Å². The predicted octanol–water partition coefficient (Wildman–Crippen LogP) is 2.07. The van der Waals surface area contributed by atoms with Gasteiger partial charge in [0.25, 0.3) is 5.78 Å². The molecule has 1 fully saturated rings. The number of piperidine rings is 1. The molecule has 1 atom stereocenters. The summed E-state index contributed by atoms with van der Waals surface area (Å²) in [5, 5.41) is 8.53. The van der Waals surface area contributed by atoms with Crippen molar-refractivity contribution in [2.45, 2.75) is 46.0 Å². The Hall–Kier alpha value is -2.51. The summed E-state index contributed by atoms with van der Waals surface area (Å²) in [7, 11) is 0. The molecule has 0 saturated carbocycles. The first-order valence-electron chi connectivity index (χ1n) is 8.41. The van der Waals surface area contributed by atoms with Crippen molar-refractivity contribution in [1.29, 1.82) is 0 Å². The van der Waals surface area contributed by atoms with E-state index < -0.39 is 0 Å². The van der Waals surface area contributed by atoms with Gasteiger partial charge in [-0.3, -0.25) is 0 Å². The van der Waals surface area contributed by atoms with Gasteiger partial charge in [0.2, 0.25) is 5.89 Å². The fraction of sp³-hybridized carbons (Fsp3) is 0.562. The predicted molar refractivity (Wildman–Crippen MR) is 88.1 cm³/mol. The van der Waals surface area contributed by atoms with Crippen molar-refractivity contribution < 1.29 is 4.52 Å². The Kier molecular flexibility index (Phi) is 3.66. The van der Waals surface area contributed by atoms with Gasteiger partial charge in [-0.25, -0.2) is 4.98 Å². The minimum absolute atomic E-state index is 0.272. The first-order chi connectivity index (χ1) is 11.7. The van der Waals surface area contributed by atoms with Crippen molar-refractivity contribution >= 4 is 11.6 Å². The molecule has 0 spiro atoms. The van der Waals surface area contributed by atoms with Crippen LogP contribution in [0.1, 0.15) is 48.7 Å². The first kappa shape index (κ1) is 15.0. The lowest BCUT2D eigenvalue weighted by atomic mass is 9.97. The molecule has 4 heterocycles. The van der Waals surface area contributed by atoms with Crippen LogP contribution in [0.4, 0.5) is 5.82 Å². The Morgan fingerprint density at radius 3 is 2.96 bits per heavy atom. The van der Waals surface area contributed by atoms with Gasteiger partial charge >= 0.3 is 0 Å². The molecule has 0 amide bonds. The molecule has 0 bridgehead atoms. The van der Waals surface area contributed by atoms with E-state index in [-0.39, 0.29) is 5.92 Å². The highest BCUT2D eigenvalue weighted by molar-refractivity contribution is 5.54. The second kappa shape index (κ2) is 5.85. The van der Waals surface area contributed by atoms with E-state index in [1.54, 1.807) is 6.33 Å². The Morgan fingerprint density at radius 1 is 1.29 bits per heavy atom. The Balaban J connectivity index is 1.69. The summed E-state index contributed by atoms with van der Waals surface area (Å²) in [6.45, 7) is 7.96. The lowest BCUT2D eigenvalue weighted by molar-refractivity contribution is 0.367. The van der Waals surface area contributed by atoms with Gasteiger partial charge in [-0.05, 0) is 26.7 Å². The molecule has 1 aliphatic rings. The van der Waals surface area contributed by atoms with E-state index in [0.717, 1.165) is 55.3 Å². The van der Waals surface area contributed by atoms with E-state index in [1.165, 1.54) is 0 Å². The smallest absolute Gasteiger partial charge is 0.254 e. The van der Waals surface area contributed by atoms with Gasteiger partial charge in [0.05, 0.1) is 0 Å². The quantitative estimate of drug-likeness (QED) is 0.728. The van der Waals surface area contributed by atoms with Gasteiger partial charge in [-0.2, -0.15) is 19.6 Å². The molecule has 3 aromatic rings. The average molecular weight is 327 g/mol. The molecule has 0 unspecified atom stereocenters. The molecule has 0 aliphatic carbocycles. The summed E-state index contributed by atoms with van der Waals surface area (Å²) >= 11 is 0. The molecule has 0 radical (unpaired) electrons. The van der Waals surface area contributed by atoms with Crippen LogP contribution in [0.25, 0.3) is 5.78 Å². The number of fused-ring (bicyclic) bond motifs is 1. The van der Waals surface area contributed by atoms with Crippen molar-refractivity contribution in [2.75, 3.05) is 18.0 Å². The molecular formula is C16H21N7O. The molecule has 0 N–H and O–H groups in total. The zero-order valence-corrected chi connectivity index (χ0v) is 14.2. The van der Waals surface area contributed by atoms with E-state index in [1.807, 2.05) is 18.4 Å². The van der Waals surface area contributed by atoms with Crippen LogP contribution in [0.2, 0.25) is 0 Å². The highest BCUT2D eigenvalue weighted by atomic mass is 16.5. The molecule has 0 aromatic carbocycles. The molecule has 8 nitrogen and oxygen atoms in total. The third-order valence-corrected chi connectivity index (χ3v) is 4.75. The second-order valence-electron chi connectivity index (χ2n) is 6.30. The highest BCUT2D eigenvalue weighted by Crippen LogP contribution is 2.31. The SMILES string of the molecule is CCc1nc([C@@H]2CCCN(c3c(C)c(C)nc4ncnn34)C2)no1. The Bertz CT molecular complexity index is 869. The van der Waals surface area contributed by atoms with Crippen molar-refractivity contribution in [1.82, 2.24) is 29.7 Å². The Labute approximate surface area is 139 Å². The lowest BCUT2D eigenvalue weighted by Crippen LogP contribution is -2.36. The molecule has 4 rings (SSSR count). The van der Waals surface area contributed by atoms with Gasteiger partial charge < -0.3 is 9.42 Å². The normalized spacial score (nSPS) is 18.5. The second-order valence-corrected chi connectivity index (χ2v) is 6.30. The van der Waals surface area contributed by atoms with Crippen molar-refractivity contribution in [3.63, 3.8) is 0 Å². The molecule has 3 aromatic heterocycles. The van der Waals surface area contributed by atoms with Crippen LogP contribution in [-0.2, 0) is 6.42 Å². The standard InChI is InChI=1S/C16H21N7O/c1-4-13-20-14(21-24-13)12-6-5-7-22(8-12)15-10(2)11(3)19-16-17-9-18-23(15)16/h9,12H,4-8H2,1-3H3/t12-/m1/s1. The molecule has 126 valence electrons. The van der Waals surface area contributed by atoms with E-state index >= 15 is 0 Å². The molecular weight excluding hydrogens is 306 g/mol. The molecule has 24 heavy (non-hydrogen) atoms. The summed E-state index contributed by atoms with van der Waals surface area (Å²) < 4.78 is 7.12. The lowest BCUT2D eigenvalue weighted by Gasteiger charge is -2.34. The summed E-state index contributed by atoms with van der Waals surface area (Å²) in [6, 6.07) is 0. The minimum Gasteiger partial charge on any atom is -0.355 e. The average Bonchev–Trinajstić information content (AvgIpc) is 3.25. The number of nitrogens with zero attached hydrogens (tertiary/aromatic N) is 7. The maximum atomic E-state index is 5.29. The van der Waals surface area contributed by atoms with E-state index in [0.29, 0.717) is 11.7 Å². The third-order valence-electron chi connectivity index (χ3n) is 4.75. The largest absolute Gasteiger partial charge is 0.355 e. The zero-order chi connectivity index (χ0) is 16.7. The minimum atomic E-state index is 0.272. The number of anilines is 1. The maximum absolute atomic E-state index is 5.29. The van der Waals surface area contributed by atoms with Crippen LogP contribution < -0.4 is 4.90 Å². The van der Waals surface area contributed by atoms with Gasteiger partial charge in [-0.15, -0.1) is 0 Å². The van der Waals surface area contributed by atoms with E-state index in [4.69, 9.17) is 4.52 Å². The molecule has 1 saturated heterocycles. The van der Waals surface area contributed by atoms with Gasteiger partial charge in [-0.1, -0.05) is 12.1 Å². The van der Waals surface area contributed by atoms with Crippen LogP contribution in [0.15, 0.2) is 10.9 Å². The summed E-state index contributed by atoms with van der Waals surface area (Å²) in [5.74, 6) is 3.50. The Morgan fingerprint density at radius 2 is 2.17 bits per heavy atom. The van der Waals surface area contributed by atoms with Crippen molar-refractivity contribution in [3.8, 4) is 0 Å². The van der Waals surface area contributed by atoms with E-state index in [9.17, 15) is 0 Å². The van der Waals surface area contributed by atoms with Crippen LogP contribution in [0.3, 0.4) is 0 Å². The van der Waals surface area contributed by atoms with Crippen molar-refractivity contribution in [2.24, 2.45) is 0 Å². The maximum Gasteiger partial charge on any atom is 0.254 e. The monoisotopic (exact) mass is 327 g/mol. The number of aryl methyl sites for hydroxylation is 2. The summed E-state index contributed by atoms with van der Waals surface area (Å²) in [6.07, 6.45) is 4.48. The summed E-state index contributed by atoms with van der Waals surface area (Å²) in [4.78, 5) is 15.6. The van der Waals surface area contributed by atoms with Crippen LogP contribution >= 0.6 is 0 Å². The van der Waals surface area contributed by atoms with Crippen LogP contribution in [-0.4, -0.2) is 42.8 Å².